The largest absolute Gasteiger partial charge is 0.465 e. The molecule has 1 aliphatic heterocycles. The van der Waals surface area contributed by atoms with E-state index in [2.05, 4.69) is 20.3 Å². The van der Waals surface area contributed by atoms with E-state index in [1.165, 1.54) is 18.1 Å². The summed E-state index contributed by atoms with van der Waals surface area (Å²) in [6.07, 6.45) is 4.36. The lowest BCUT2D eigenvalue weighted by atomic mass is 9.83. The fourth-order valence-electron chi connectivity index (χ4n) is 3.04. The van der Waals surface area contributed by atoms with Crippen LogP contribution in [-0.4, -0.2) is 42.3 Å². The number of aliphatic hydroxyl groups is 1. The Bertz CT molecular complexity index is 867. The van der Waals surface area contributed by atoms with Crippen molar-refractivity contribution in [3.63, 3.8) is 0 Å². The average molecular weight is 386 g/mol. The van der Waals surface area contributed by atoms with Crippen molar-refractivity contribution in [2.75, 3.05) is 0 Å². The second-order valence-corrected chi connectivity index (χ2v) is 8.48. The Kier molecular flexibility index (Phi) is 5.21. The molecule has 2 atom stereocenters. The van der Waals surface area contributed by atoms with Gasteiger partial charge in [-0.3, -0.25) is 10.3 Å². The highest BCUT2D eigenvalue weighted by Gasteiger charge is 2.41. The smallest absolute Gasteiger partial charge is 0.410 e. The van der Waals surface area contributed by atoms with Crippen LogP contribution in [0.3, 0.4) is 0 Å². The SMILES string of the molecule is CC(C)(O)[C@@H]1C[C@@](C)(c2cccc(-c3cncnc3)c2)N=C(NC(=O)O)S1. The molecule has 142 valence electrons. The maximum atomic E-state index is 11.1. The number of carboxylic acid groups (broad SMARTS) is 1. The first-order chi connectivity index (χ1) is 12.7. The van der Waals surface area contributed by atoms with Crippen LogP contribution in [0.4, 0.5) is 4.79 Å². The molecule has 0 fully saturated rings. The van der Waals surface area contributed by atoms with Crippen molar-refractivity contribution < 1.29 is 15.0 Å². The van der Waals surface area contributed by atoms with E-state index in [4.69, 9.17) is 5.11 Å². The zero-order chi connectivity index (χ0) is 19.7. The lowest BCUT2D eigenvalue weighted by Crippen LogP contribution is -2.45. The number of aliphatic imine (C=N–C) groups is 1. The molecule has 0 bridgehead atoms. The summed E-state index contributed by atoms with van der Waals surface area (Å²) in [5.74, 6) is 0. The molecule has 2 heterocycles. The molecule has 7 nitrogen and oxygen atoms in total. The van der Waals surface area contributed by atoms with Crippen LogP contribution >= 0.6 is 11.8 Å². The van der Waals surface area contributed by atoms with Crippen molar-refractivity contribution in [2.24, 2.45) is 4.99 Å². The molecular formula is C19H22N4O3S. The summed E-state index contributed by atoms with van der Waals surface area (Å²) in [6.45, 7) is 5.41. The quantitative estimate of drug-likeness (QED) is 0.747. The minimum Gasteiger partial charge on any atom is -0.465 e. The van der Waals surface area contributed by atoms with Crippen molar-refractivity contribution in [3.8, 4) is 11.1 Å². The third-order valence-electron chi connectivity index (χ3n) is 4.57. The van der Waals surface area contributed by atoms with Crippen LogP contribution in [0, 0.1) is 0 Å². The highest BCUT2D eigenvalue weighted by Crippen LogP contribution is 2.43. The second-order valence-electron chi connectivity index (χ2n) is 7.29. The lowest BCUT2D eigenvalue weighted by Gasteiger charge is -2.40. The van der Waals surface area contributed by atoms with E-state index in [1.54, 1.807) is 26.2 Å². The maximum Gasteiger partial charge on any atom is 0.410 e. The molecule has 1 amide bonds. The zero-order valence-electron chi connectivity index (χ0n) is 15.4. The van der Waals surface area contributed by atoms with Gasteiger partial charge in [-0.05, 0) is 44.4 Å². The Morgan fingerprint density at radius 2 is 2.00 bits per heavy atom. The molecule has 8 heteroatoms. The molecule has 1 aromatic carbocycles. The predicted octanol–water partition coefficient (Wildman–Crippen LogP) is 3.26. The summed E-state index contributed by atoms with van der Waals surface area (Å²) in [5, 5.41) is 22.1. The van der Waals surface area contributed by atoms with Crippen LogP contribution in [0.5, 0.6) is 0 Å². The van der Waals surface area contributed by atoms with Crippen molar-refractivity contribution in [1.29, 1.82) is 0 Å². The van der Waals surface area contributed by atoms with Crippen LogP contribution in [-0.2, 0) is 5.54 Å². The molecule has 3 rings (SSSR count). The average Bonchev–Trinajstić information content (AvgIpc) is 2.61. The third-order valence-corrected chi connectivity index (χ3v) is 6.01. The van der Waals surface area contributed by atoms with E-state index < -0.39 is 17.2 Å². The minimum atomic E-state index is -1.17. The van der Waals surface area contributed by atoms with Gasteiger partial charge in [0.1, 0.15) is 6.33 Å². The number of amidine groups is 1. The highest BCUT2D eigenvalue weighted by molar-refractivity contribution is 8.14. The predicted molar refractivity (Wildman–Crippen MR) is 106 cm³/mol. The van der Waals surface area contributed by atoms with Gasteiger partial charge in [0, 0.05) is 23.2 Å². The topological polar surface area (TPSA) is 108 Å². The lowest BCUT2D eigenvalue weighted by molar-refractivity contribution is 0.0685. The number of rotatable bonds is 3. The number of aromatic nitrogens is 2. The van der Waals surface area contributed by atoms with Gasteiger partial charge in [0.2, 0.25) is 0 Å². The monoisotopic (exact) mass is 386 g/mol. The molecule has 27 heavy (non-hydrogen) atoms. The first-order valence-corrected chi connectivity index (χ1v) is 9.40. The molecule has 1 aromatic heterocycles. The van der Waals surface area contributed by atoms with Crippen LogP contribution in [0.25, 0.3) is 11.1 Å². The fourth-order valence-corrected chi connectivity index (χ4v) is 4.41. The van der Waals surface area contributed by atoms with Crippen LogP contribution in [0.2, 0.25) is 0 Å². The molecule has 0 saturated carbocycles. The van der Waals surface area contributed by atoms with Gasteiger partial charge in [-0.15, -0.1) is 0 Å². The van der Waals surface area contributed by atoms with Crippen LogP contribution in [0.15, 0.2) is 48.0 Å². The van der Waals surface area contributed by atoms with Gasteiger partial charge in [0.25, 0.3) is 0 Å². The maximum absolute atomic E-state index is 11.1. The van der Waals surface area contributed by atoms with E-state index in [9.17, 15) is 9.90 Å². The molecule has 2 aromatic rings. The Morgan fingerprint density at radius 3 is 2.63 bits per heavy atom. The molecule has 1 aliphatic rings. The highest BCUT2D eigenvalue weighted by atomic mass is 32.2. The molecule has 3 N–H and O–H groups in total. The van der Waals surface area contributed by atoms with Crippen molar-refractivity contribution in [2.45, 2.75) is 43.6 Å². The number of hydrogen-bond acceptors (Lipinski definition) is 6. The number of benzene rings is 1. The van der Waals surface area contributed by atoms with Crippen molar-refractivity contribution in [3.05, 3.63) is 48.5 Å². The normalized spacial score (nSPS) is 22.8. The number of thioether (sulfide) groups is 1. The molecule has 0 saturated heterocycles. The van der Waals surface area contributed by atoms with Gasteiger partial charge in [0.05, 0.1) is 11.1 Å². The van der Waals surface area contributed by atoms with Crippen LogP contribution < -0.4 is 5.32 Å². The zero-order valence-corrected chi connectivity index (χ0v) is 16.2. The van der Waals surface area contributed by atoms with Gasteiger partial charge in [0.15, 0.2) is 5.17 Å². The van der Waals surface area contributed by atoms with Gasteiger partial charge in [-0.25, -0.2) is 14.8 Å². The number of nitrogens with one attached hydrogen (secondary N) is 1. The first kappa shape index (κ1) is 19.3. The summed E-state index contributed by atoms with van der Waals surface area (Å²) in [4.78, 5) is 23.9. The number of carbonyl (C=O) groups is 1. The van der Waals surface area contributed by atoms with E-state index in [0.29, 0.717) is 6.42 Å². The second kappa shape index (κ2) is 7.28. The van der Waals surface area contributed by atoms with Gasteiger partial charge >= 0.3 is 6.09 Å². The Hall–Kier alpha value is -2.45. The summed E-state index contributed by atoms with van der Waals surface area (Å²) < 4.78 is 0. The Balaban J connectivity index is 2.03. The van der Waals surface area contributed by atoms with E-state index >= 15 is 0 Å². The van der Waals surface area contributed by atoms with Crippen molar-refractivity contribution in [1.82, 2.24) is 15.3 Å². The van der Waals surface area contributed by atoms with Gasteiger partial charge in [-0.1, -0.05) is 30.0 Å². The van der Waals surface area contributed by atoms with Crippen molar-refractivity contribution >= 4 is 23.0 Å². The van der Waals surface area contributed by atoms with Gasteiger partial charge in [-0.2, -0.15) is 0 Å². The summed E-state index contributed by atoms with van der Waals surface area (Å²) >= 11 is 1.25. The molecule has 0 spiro atoms. The number of nitrogens with zero attached hydrogens (tertiary/aromatic N) is 3. The van der Waals surface area contributed by atoms with E-state index in [1.807, 2.05) is 31.2 Å². The third kappa shape index (κ3) is 4.45. The fraction of sp³-hybridized carbons (Fsp3) is 0.368. The number of hydrogen-bond donors (Lipinski definition) is 3. The minimum absolute atomic E-state index is 0.217. The standard InChI is InChI=1S/C19H22N4O3S/c1-18(2,26)15-8-19(3,23-16(27-15)22-17(24)25)14-6-4-5-12(7-14)13-9-20-11-21-10-13/h4-7,9-11,15,26H,8H2,1-3H3,(H,22,23)(H,24,25)/t15-,19-/m0/s1. The molecule has 0 aliphatic carbocycles. The summed E-state index contributed by atoms with van der Waals surface area (Å²) in [7, 11) is 0. The molecule has 0 unspecified atom stereocenters. The van der Waals surface area contributed by atoms with Crippen LogP contribution in [0.1, 0.15) is 32.8 Å². The van der Waals surface area contributed by atoms with E-state index in [-0.39, 0.29) is 10.4 Å². The summed E-state index contributed by atoms with van der Waals surface area (Å²) in [5.41, 5.74) is 1.11. The Labute approximate surface area is 162 Å². The molecular weight excluding hydrogens is 364 g/mol. The van der Waals surface area contributed by atoms with Gasteiger partial charge < -0.3 is 10.2 Å². The first-order valence-electron chi connectivity index (χ1n) is 8.52. The van der Waals surface area contributed by atoms with E-state index in [0.717, 1.165) is 16.7 Å². The number of amides is 1. The Morgan fingerprint density at radius 1 is 1.30 bits per heavy atom. The summed E-state index contributed by atoms with van der Waals surface area (Å²) in [6, 6.07) is 7.88. The molecule has 0 radical (unpaired) electrons.